The molecule has 1 saturated heterocycles. The average Bonchev–Trinajstić information content (AvgIpc) is 2.93. The fourth-order valence-electron chi connectivity index (χ4n) is 5.24. The van der Waals surface area contributed by atoms with Crippen molar-refractivity contribution in [2.75, 3.05) is 25.5 Å². The van der Waals surface area contributed by atoms with Gasteiger partial charge in [0, 0.05) is 24.5 Å². The summed E-state index contributed by atoms with van der Waals surface area (Å²) in [5.41, 5.74) is -1.01. The molecule has 9 nitrogen and oxygen atoms in total. The fourth-order valence-corrected chi connectivity index (χ4v) is 5.41. The monoisotopic (exact) mass is 617 g/mol. The van der Waals surface area contributed by atoms with Crippen molar-refractivity contribution in [2.24, 2.45) is 0 Å². The van der Waals surface area contributed by atoms with E-state index in [4.69, 9.17) is 21.1 Å². The van der Waals surface area contributed by atoms with Gasteiger partial charge < -0.3 is 25.0 Å². The molecule has 1 spiro atoms. The summed E-state index contributed by atoms with van der Waals surface area (Å²) in [5.74, 6) is -2.34. The van der Waals surface area contributed by atoms with E-state index in [2.05, 4.69) is 20.6 Å². The van der Waals surface area contributed by atoms with E-state index in [0.29, 0.717) is 27.3 Å². The van der Waals surface area contributed by atoms with Crippen LogP contribution in [0, 0.1) is 5.82 Å². The minimum Gasteiger partial charge on any atom is -0.493 e. The maximum atomic E-state index is 14.5. The third-order valence-electron chi connectivity index (χ3n) is 7.23. The van der Waals surface area contributed by atoms with E-state index in [1.807, 2.05) is 0 Å². The standard InChI is InChI=1S/C26H24ClF4N5O4.ClH/c1-39-19-12-18-15(22(34-13-33-18)35-17-4-2-3-16(27)21(17)28)11-20(19)40-14-5-7-25(8-6-14)23(37)32-9-10-36(25)24(38)26(29,30)31;/h2-4,11-14H,5-10H2,1H3,(H,32,37)(H,33,34,35);1H/t14-,25-;. The summed E-state index contributed by atoms with van der Waals surface area (Å²) in [6.07, 6.45) is -3.87. The summed E-state index contributed by atoms with van der Waals surface area (Å²) >= 11 is 5.90. The third-order valence-corrected chi connectivity index (χ3v) is 7.52. The highest BCUT2D eigenvalue weighted by Gasteiger charge is 2.56. The predicted octanol–water partition coefficient (Wildman–Crippen LogP) is 5.18. The largest absolute Gasteiger partial charge is 0.493 e. The van der Waals surface area contributed by atoms with Gasteiger partial charge in [-0.1, -0.05) is 17.7 Å². The second-order valence-corrected chi connectivity index (χ2v) is 9.94. The van der Waals surface area contributed by atoms with Gasteiger partial charge >= 0.3 is 12.1 Å². The zero-order chi connectivity index (χ0) is 28.7. The number of alkyl halides is 3. The molecule has 2 heterocycles. The highest BCUT2D eigenvalue weighted by atomic mass is 35.5. The van der Waals surface area contributed by atoms with Gasteiger partial charge in [-0.25, -0.2) is 14.4 Å². The van der Waals surface area contributed by atoms with Gasteiger partial charge in [0.1, 0.15) is 17.7 Å². The number of aromatic nitrogens is 2. The molecular formula is C26H25Cl2F4N5O4. The van der Waals surface area contributed by atoms with E-state index in [-0.39, 0.29) is 67.7 Å². The first-order valence-electron chi connectivity index (χ1n) is 12.4. The minimum absolute atomic E-state index is 0. The van der Waals surface area contributed by atoms with Gasteiger partial charge in [-0.2, -0.15) is 13.2 Å². The summed E-state index contributed by atoms with van der Waals surface area (Å²) in [5, 5.41) is 5.93. The van der Waals surface area contributed by atoms with E-state index in [1.54, 1.807) is 18.2 Å². The maximum Gasteiger partial charge on any atom is 0.471 e. The molecular weight excluding hydrogens is 593 g/mol. The lowest BCUT2D eigenvalue weighted by Gasteiger charge is -2.49. The first kappa shape index (κ1) is 30.4. The zero-order valence-corrected chi connectivity index (χ0v) is 23.1. The van der Waals surface area contributed by atoms with E-state index < -0.39 is 35.5 Å². The van der Waals surface area contributed by atoms with Gasteiger partial charge in [0.05, 0.1) is 29.4 Å². The SMILES string of the molecule is COc1cc2ncnc(Nc3cccc(Cl)c3F)c2cc1O[C@H]1CC[C@]2(CC1)C(=O)NCCN2C(=O)C(F)(F)F.Cl. The first-order valence-corrected chi connectivity index (χ1v) is 12.8. The summed E-state index contributed by atoms with van der Waals surface area (Å²) in [7, 11) is 1.44. The Morgan fingerprint density at radius 3 is 2.61 bits per heavy atom. The molecule has 2 aromatic carbocycles. The van der Waals surface area contributed by atoms with E-state index in [9.17, 15) is 27.2 Å². The van der Waals surface area contributed by atoms with Gasteiger partial charge in [-0.15, -0.1) is 12.4 Å². The number of rotatable bonds is 5. The van der Waals surface area contributed by atoms with Crippen LogP contribution < -0.4 is 20.1 Å². The Kier molecular flexibility index (Phi) is 8.69. The van der Waals surface area contributed by atoms with Crippen molar-refractivity contribution in [1.82, 2.24) is 20.2 Å². The van der Waals surface area contributed by atoms with Gasteiger partial charge in [0.15, 0.2) is 17.3 Å². The second-order valence-electron chi connectivity index (χ2n) is 9.53. The first-order chi connectivity index (χ1) is 19.0. The van der Waals surface area contributed by atoms with Crippen molar-refractivity contribution in [3.63, 3.8) is 0 Å². The number of carbonyl (C=O) groups excluding carboxylic acids is 2. The molecule has 2 N–H and O–H groups in total. The Bertz CT molecular complexity index is 1470. The molecule has 0 radical (unpaired) electrons. The molecule has 3 aromatic rings. The number of hydrogen-bond donors (Lipinski definition) is 2. The quantitative estimate of drug-likeness (QED) is 0.380. The smallest absolute Gasteiger partial charge is 0.471 e. The lowest BCUT2D eigenvalue weighted by molar-refractivity contribution is -0.196. The number of ether oxygens (including phenoxy) is 2. The zero-order valence-electron chi connectivity index (χ0n) is 21.6. The number of fused-ring (bicyclic) bond motifs is 1. The fraction of sp³-hybridized carbons (Fsp3) is 0.385. The molecule has 1 saturated carbocycles. The van der Waals surface area contributed by atoms with E-state index in [1.165, 1.54) is 25.6 Å². The predicted molar refractivity (Wildman–Crippen MR) is 144 cm³/mol. The Hall–Kier alpha value is -3.58. The number of halogens is 6. The number of piperazine rings is 1. The van der Waals surface area contributed by atoms with Gasteiger partial charge in [-0.3, -0.25) is 9.59 Å². The summed E-state index contributed by atoms with van der Waals surface area (Å²) in [6, 6.07) is 7.74. The van der Waals surface area contributed by atoms with Crippen LogP contribution in [0.2, 0.25) is 5.02 Å². The molecule has 2 aliphatic rings. The van der Waals surface area contributed by atoms with Crippen molar-refractivity contribution < 1.29 is 36.6 Å². The number of hydrogen-bond acceptors (Lipinski definition) is 7. The van der Waals surface area contributed by atoms with Crippen LogP contribution in [-0.4, -0.2) is 64.7 Å². The number of anilines is 2. The Morgan fingerprint density at radius 2 is 1.93 bits per heavy atom. The van der Waals surface area contributed by atoms with E-state index in [0.717, 1.165) is 0 Å². The van der Waals surface area contributed by atoms with Crippen molar-refractivity contribution in [1.29, 1.82) is 0 Å². The Labute approximate surface area is 243 Å². The molecule has 15 heteroatoms. The molecule has 1 aliphatic carbocycles. The molecule has 41 heavy (non-hydrogen) atoms. The molecule has 0 unspecified atom stereocenters. The highest BCUT2D eigenvalue weighted by molar-refractivity contribution is 6.31. The summed E-state index contributed by atoms with van der Waals surface area (Å²) in [4.78, 5) is 34.0. The van der Waals surface area contributed by atoms with Gasteiger partial charge in [0.25, 0.3) is 0 Å². The number of nitrogens with zero attached hydrogens (tertiary/aromatic N) is 3. The molecule has 2 fully saturated rings. The van der Waals surface area contributed by atoms with Crippen LogP contribution >= 0.6 is 24.0 Å². The Balaban J connectivity index is 0.00000387. The molecule has 0 atom stereocenters. The average molecular weight is 618 g/mol. The van der Waals surface area contributed by atoms with Crippen LogP contribution in [0.4, 0.5) is 29.1 Å². The van der Waals surface area contributed by atoms with Crippen LogP contribution in [0.5, 0.6) is 11.5 Å². The van der Waals surface area contributed by atoms with Crippen molar-refractivity contribution in [3.05, 3.63) is 47.5 Å². The van der Waals surface area contributed by atoms with Gasteiger partial charge in [-0.05, 0) is 43.9 Å². The number of benzene rings is 2. The molecule has 1 aromatic heterocycles. The van der Waals surface area contributed by atoms with Crippen molar-refractivity contribution >= 4 is 58.2 Å². The lowest BCUT2D eigenvalue weighted by Crippen LogP contribution is -2.69. The summed E-state index contributed by atoms with van der Waals surface area (Å²) in [6.45, 7) is -0.273. The van der Waals surface area contributed by atoms with E-state index >= 15 is 0 Å². The van der Waals surface area contributed by atoms with Crippen LogP contribution in [-0.2, 0) is 9.59 Å². The molecule has 5 rings (SSSR count). The number of carbonyl (C=O) groups is 2. The van der Waals surface area contributed by atoms with Crippen LogP contribution in [0.25, 0.3) is 10.9 Å². The number of methoxy groups -OCH3 is 1. The normalized spacial score (nSPS) is 20.8. The number of amides is 2. The van der Waals surface area contributed by atoms with Crippen LogP contribution in [0.1, 0.15) is 25.7 Å². The Morgan fingerprint density at radius 1 is 1.20 bits per heavy atom. The topological polar surface area (TPSA) is 106 Å². The summed E-state index contributed by atoms with van der Waals surface area (Å²) < 4.78 is 66.0. The van der Waals surface area contributed by atoms with Crippen LogP contribution in [0.15, 0.2) is 36.7 Å². The minimum atomic E-state index is -5.09. The van der Waals surface area contributed by atoms with Crippen molar-refractivity contribution in [2.45, 2.75) is 43.5 Å². The van der Waals surface area contributed by atoms with Gasteiger partial charge in [0.2, 0.25) is 5.91 Å². The third kappa shape index (κ3) is 5.78. The van der Waals surface area contributed by atoms with Crippen molar-refractivity contribution in [3.8, 4) is 11.5 Å². The highest BCUT2D eigenvalue weighted by Crippen LogP contribution is 2.41. The lowest BCUT2D eigenvalue weighted by atomic mass is 9.77. The second kappa shape index (κ2) is 11.7. The number of nitrogens with one attached hydrogen (secondary N) is 2. The van der Waals surface area contributed by atoms with Crippen LogP contribution in [0.3, 0.4) is 0 Å². The maximum absolute atomic E-state index is 14.5. The molecule has 220 valence electrons. The molecule has 1 aliphatic heterocycles. The molecule has 0 bridgehead atoms. The molecule has 2 amide bonds.